The number of carboxylic acids is 1. The van der Waals surface area contributed by atoms with Crippen LogP contribution in [0.4, 0.5) is 14.5 Å². The molecule has 2 aromatic rings. The Morgan fingerprint density at radius 3 is 2.60 bits per heavy atom. The number of nitrogen functional groups attached to an aromatic ring is 1. The van der Waals surface area contributed by atoms with E-state index >= 15 is 0 Å². The Kier molecular flexibility index (Phi) is 3.56. The summed E-state index contributed by atoms with van der Waals surface area (Å²) in [4.78, 5) is 10.7. The summed E-state index contributed by atoms with van der Waals surface area (Å²) in [5.41, 5.74) is 5.29. The van der Waals surface area contributed by atoms with Crippen LogP contribution in [0.1, 0.15) is 15.9 Å². The predicted octanol–water partition coefficient (Wildman–Crippen LogP) is 3.35. The van der Waals surface area contributed by atoms with Crippen molar-refractivity contribution >= 4 is 11.7 Å². The summed E-state index contributed by atoms with van der Waals surface area (Å²) in [5.74, 6) is -3.29. The van der Waals surface area contributed by atoms with E-state index in [0.29, 0.717) is 5.56 Å². The lowest BCUT2D eigenvalue weighted by molar-refractivity contribution is 0.0692. The lowest BCUT2D eigenvalue weighted by Gasteiger charge is -2.11. The highest BCUT2D eigenvalue weighted by Gasteiger charge is 2.16. The average molecular weight is 279 g/mol. The van der Waals surface area contributed by atoms with E-state index in [1.54, 1.807) is 19.1 Å². The van der Waals surface area contributed by atoms with Gasteiger partial charge >= 0.3 is 5.97 Å². The fraction of sp³-hybridized carbons (Fsp3) is 0.0714. The minimum absolute atomic E-state index is 0.0929. The Bertz CT molecular complexity index is 686. The normalized spacial score (nSPS) is 10.3. The van der Waals surface area contributed by atoms with Gasteiger partial charge in [-0.25, -0.2) is 13.6 Å². The highest BCUT2D eigenvalue weighted by atomic mass is 19.1. The van der Waals surface area contributed by atoms with Crippen molar-refractivity contribution in [3.05, 3.63) is 53.1 Å². The summed E-state index contributed by atoms with van der Waals surface area (Å²) in [6, 6.07) is 6.25. The molecule has 0 aliphatic heterocycles. The molecule has 4 nitrogen and oxygen atoms in total. The van der Waals surface area contributed by atoms with Crippen LogP contribution >= 0.6 is 0 Å². The Hall–Kier alpha value is -2.63. The zero-order valence-corrected chi connectivity index (χ0v) is 10.5. The minimum Gasteiger partial charge on any atom is -0.478 e. The molecule has 0 aliphatic carbocycles. The molecular weight excluding hydrogens is 268 g/mol. The molecule has 20 heavy (non-hydrogen) atoms. The van der Waals surface area contributed by atoms with Gasteiger partial charge in [-0.3, -0.25) is 0 Å². The van der Waals surface area contributed by atoms with E-state index in [9.17, 15) is 13.6 Å². The molecule has 0 atom stereocenters. The largest absolute Gasteiger partial charge is 0.478 e. The van der Waals surface area contributed by atoms with E-state index in [2.05, 4.69) is 0 Å². The Balaban J connectivity index is 2.42. The number of ether oxygens (including phenoxy) is 1. The van der Waals surface area contributed by atoms with Crippen molar-refractivity contribution < 1.29 is 23.4 Å². The van der Waals surface area contributed by atoms with Gasteiger partial charge in [-0.2, -0.15) is 0 Å². The average Bonchev–Trinajstić information content (AvgIpc) is 2.38. The van der Waals surface area contributed by atoms with E-state index in [4.69, 9.17) is 15.6 Å². The molecule has 2 rings (SSSR count). The van der Waals surface area contributed by atoms with Crippen molar-refractivity contribution in [1.82, 2.24) is 0 Å². The molecule has 0 spiro atoms. The maximum Gasteiger partial charge on any atom is 0.338 e. The third-order valence-electron chi connectivity index (χ3n) is 2.71. The topological polar surface area (TPSA) is 72.5 Å². The van der Waals surface area contributed by atoms with E-state index in [1.165, 1.54) is 6.07 Å². The molecule has 104 valence electrons. The van der Waals surface area contributed by atoms with Crippen LogP contribution in [0.3, 0.4) is 0 Å². The van der Waals surface area contributed by atoms with Crippen LogP contribution in [0.5, 0.6) is 11.5 Å². The minimum atomic E-state index is -1.44. The summed E-state index contributed by atoms with van der Waals surface area (Å²) in [7, 11) is 0. The highest BCUT2D eigenvalue weighted by Crippen LogP contribution is 2.32. The molecule has 0 aliphatic rings. The van der Waals surface area contributed by atoms with E-state index < -0.39 is 23.2 Å². The molecule has 0 fully saturated rings. The van der Waals surface area contributed by atoms with Gasteiger partial charge in [-0.05, 0) is 24.6 Å². The monoisotopic (exact) mass is 279 g/mol. The van der Waals surface area contributed by atoms with Crippen LogP contribution in [0.15, 0.2) is 30.3 Å². The summed E-state index contributed by atoms with van der Waals surface area (Å²) in [5, 5.41) is 8.75. The number of carbonyl (C=O) groups is 1. The van der Waals surface area contributed by atoms with E-state index in [-0.39, 0.29) is 17.2 Å². The number of rotatable bonds is 3. The molecule has 0 amide bonds. The molecule has 2 aromatic carbocycles. The number of hydrogen-bond acceptors (Lipinski definition) is 3. The van der Waals surface area contributed by atoms with Crippen LogP contribution in [0, 0.1) is 18.6 Å². The summed E-state index contributed by atoms with van der Waals surface area (Å²) in [6.07, 6.45) is 0. The molecule has 6 heteroatoms. The van der Waals surface area contributed by atoms with Crippen molar-refractivity contribution in [3.63, 3.8) is 0 Å². The van der Waals surface area contributed by atoms with Gasteiger partial charge in [0.1, 0.15) is 5.82 Å². The van der Waals surface area contributed by atoms with Crippen molar-refractivity contribution in [3.8, 4) is 11.5 Å². The predicted molar refractivity (Wildman–Crippen MR) is 69.0 cm³/mol. The molecular formula is C14H11F2NO3. The van der Waals surface area contributed by atoms with Crippen molar-refractivity contribution in [2.24, 2.45) is 0 Å². The molecule has 0 unspecified atom stereocenters. The van der Waals surface area contributed by atoms with Gasteiger partial charge < -0.3 is 15.6 Å². The second-order valence-corrected chi connectivity index (χ2v) is 4.16. The third-order valence-corrected chi connectivity index (χ3v) is 2.71. The van der Waals surface area contributed by atoms with Crippen LogP contribution in [-0.4, -0.2) is 11.1 Å². The molecule has 0 heterocycles. The first-order chi connectivity index (χ1) is 9.40. The second-order valence-electron chi connectivity index (χ2n) is 4.16. The van der Waals surface area contributed by atoms with Crippen molar-refractivity contribution in [2.45, 2.75) is 6.92 Å². The first-order valence-electron chi connectivity index (χ1n) is 5.65. The molecule has 0 aromatic heterocycles. The molecule has 3 N–H and O–H groups in total. The summed E-state index contributed by atoms with van der Waals surface area (Å²) in [6.45, 7) is 1.56. The van der Waals surface area contributed by atoms with Crippen molar-refractivity contribution in [1.29, 1.82) is 0 Å². The fourth-order valence-corrected chi connectivity index (χ4v) is 1.64. The standard InChI is InChI=1S/C14H11F2NO3/c1-7-3-2-4-11(13(7)16)20-12-6-9(15)8(14(18)19)5-10(12)17/h2-6H,17H2,1H3,(H,18,19). The fourth-order valence-electron chi connectivity index (χ4n) is 1.64. The van der Waals surface area contributed by atoms with Gasteiger partial charge in [0.15, 0.2) is 17.3 Å². The van der Waals surface area contributed by atoms with Gasteiger partial charge in [0.25, 0.3) is 0 Å². The Labute approximate surface area is 113 Å². The number of benzene rings is 2. The van der Waals surface area contributed by atoms with Gasteiger partial charge in [0.2, 0.25) is 0 Å². The number of halogens is 2. The zero-order valence-electron chi connectivity index (χ0n) is 10.5. The smallest absolute Gasteiger partial charge is 0.338 e. The van der Waals surface area contributed by atoms with Crippen LogP contribution in [0.2, 0.25) is 0 Å². The Morgan fingerprint density at radius 2 is 1.95 bits per heavy atom. The van der Waals surface area contributed by atoms with Crippen LogP contribution < -0.4 is 10.5 Å². The zero-order chi connectivity index (χ0) is 14.9. The van der Waals surface area contributed by atoms with E-state index in [1.807, 2.05) is 0 Å². The van der Waals surface area contributed by atoms with E-state index in [0.717, 1.165) is 12.1 Å². The highest BCUT2D eigenvalue weighted by molar-refractivity contribution is 5.89. The number of aryl methyl sites for hydroxylation is 1. The molecule has 0 radical (unpaired) electrons. The quantitative estimate of drug-likeness (QED) is 0.845. The van der Waals surface area contributed by atoms with Crippen LogP contribution in [0.25, 0.3) is 0 Å². The summed E-state index contributed by atoms with van der Waals surface area (Å²) < 4.78 is 32.5. The number of anilines is 1. The van der Waals surface area contributed by atoms with Crippen molar-refractivity contribution in [2.75, 3.05) is 5.73 Å². The van der Waals surface area contributed by atoms with Gasteiger partial charge in [0, 0.05) is 6.07 Å². The number of carboxylic acid groups (broad SMARTS) is 1. The van der Waals surface area contributed by atoms with Crippen LogP contribution in [-0.2, 0) is 0 Å². The molecule has 0 saturated heterocycles. The lowest BCUT2D eigenvalue weighted by atomic mass is 10.1. The SMILES string of the molecule is Cc1cccc(Oc2cc(F)c(C(=O)O)cc2N)c1F. The maximum absolute atomic E-state index is 13.8. The Morgan fingerprint density at radius 1 is 1.25 bits per heavy atom. The van der Waals surface area contributed by atoms with Gasteiger partial charge in [-0.15, -0.1) is 0 Å². The third kappa shape index (κ3) is 2.54. The first kappa shape index (κ1) is 13.8. The molecule has 0 bridgehead atoms. The molecule has 0 saturated carbocycles. The number of aromatic carboxylic acids is 1. The first-order valence-corrected chi connectivity index (χ1v) is 5.65. The lowest BCUT2D eigenvalue weighted by Crippen LogP contribution is -2.04. The second kappa shape index (κ2) is 5.16. The van der Waals surface area contributed by atoms with Gasteiger partial charge in [0.05, 0.1) is 11.3 Å². The number of hydrogen-bond donors (Lipinski definition) is 2. The number of nitrogens with two attached hydrogens (primary N) is 1. The summed E-state index contributed by atoms with van der Waals surface area (Å²) >= 11 is 0. The maximum atomic E-state index is 13.8. The van der Waals surface area contributed by atoms with Gasteiger partial charge in [-0.1, -0.05) is 12.1 Å².